The minimum Gasteiger partial charge on any atom is -0.466 e. The normalized spacial score (nSPS) is 22.9. The van der Waals surface area contributed by atoms with Crippen LogP contribution in [0.2, 0.25) is 0 Å². The van der Waals surface area contributed by atoms with Gasteiger partial charge < -0.3 is 4.74 Å². The van der Waals surface area contributed by atoms with Gasteiger partial charge in [-0.15, -0.1) is 0 Å². The van der Waals surface area contributed by atoms with Gasteiger partial charge in [0.05, 0.1) is 6.61 Å². The van der Waals surface area contributed by atoms with E-state index in [1.807, 2.05) is 11.8 Å². The standard InChI is InChI=1S/C13H24O2S/c14-13-9-5-3-1-2-4-7-11-16-12-8-6-10-15-13/h1-12H2. The highest BCUT2D eigenvalue weighted by Gasteiger charge is 2.03. The van der Waals surface area contributed by atoms with Crippen molar-refractivity contribution < 1.29 is 9.53 Å². The summed E-state index contributed by atoms with van der Waals surface area (Å²) < 4.78 is 5.17. The third-order valence-electron chi connectivity index (χ3n) is 2.87. The molecule has 1 heterocycles. The lowest BCUT2D eigenvalue weighted by atomic mass is 10.1. The van der Waals surface area contributed by atoms with Gasteiger partial charge in [0.15, 0.2) is 0 Å². The molecule has 2 nitrogen and oxygen atoms in total. The predicted octanol–water partition coefficient (Wildman–Crippen LogP) is 3.79. The van der Waals surface area contributed by atoms with Crippen LogP contribution in [0.3, 0.4) is 0 Å². The molecule has 0 aromatic carbocycles. The van der Waals surface area contributed by atoms with E-state index in [4.69, 9.17) is 4.74 Å². The molecule has 1 saturated heterocycles. The smallest absolute Gasteiger partial charge is 0.305 e. The fourth-order valence-corrected chi connectivity index (χ4v) is 2.87. The molecule has 0 atom stereocenters. The van der Waals surface area contributed by atoms with Crippen molar-refractivity contribution in [1.82, 2.24) is 0 Å². The first-order chi connectivity index (χ1) is 7.89. The van der Waals surface area contributed by atoms with Crippen molar-refractivity contribution in [3.05, 3.63) is 0 Å². The number of cyclic esters (lactones) is 1. The molecular weight excluding hydrogens is 220 g/mol. The van der Waals surface area contributed by atoms with E-state index in [0.29, 0.717) is 13.0 Å². The molecule has 0 aliphatic carbocycles. The summed E-state index contributed by atoms with van der Waals surface area (Å²) >= 11 is 2.05. The van der Waals surface area contributed by atoms with E-state index in [1.165, 1.54) is 50.0 Å². The summed E-state index contributed by atoms with van der Waals surface area (Å²) in [6.45, 7) is 0.624. The number of carbonyl (C=O) groups excluding carboxylic acids is 1. The maximum atomic E-state index is 11.3. The molecule has 1 aliphatic rings. The van der Waals surface area contributed by atoms with Crippen LogP contribution in [0.5, 0.6) is 0 Å². The van der Waals surface area contributed by atoms with Crippen LogP contribution in [-0.2, 0) is 9.53 Å². The van der Waals surface area contributed by atoms with E-state index in [-0.39, 0.29) is 5.97 Å². The molecule has 1 rings (SSSR count). The molecule has 0 unspecified atom stereocenters. The molecule has 0 saturated carbocycles. The average Bonchev–Trinajstić information content (AvgIpc) is 2.29. The Morgan fingerprint density at radius 3 is 2.25 bits per heavy atom. The van der Waals surface area contributed by atoms with Gasteiger partial charge in [0.2, 0.25) is 0 Å². The van der Waals surface area contributed by atoms with Crippen molar-refractivity contribution in [2.24, 2.45) is 0 Å². The zero-order valence-corrected chi connectivity index (χ0v) is 11.0. The summed E-state index contributed by atoms with van der Waals surface area (Å²) in [4.78, 5) is 11.3. The number of thioether (sulfide) groups is 1. The number of esters is 1. The Hall–Kier alpha value is -0.180. The Bertz CT molecular complexity index is 165. The van der Waals surface area contributed by atoms with E-state index in [1.54, 1.807) is 0 Å². The molecule has 0 N–H and O–H groups in total. The van der Waals surface area contributed by atoms with Crippen molar-refractivity contribution >= 4 is 17.7 Å². The summed E-state index contributed by atoms with van der Waals surface area (Å²) in [5.74, 6) is 2.53. The van der Waals surface area contributed by atoms with Gasteiger partial charge in [-0.3, -0.25) is 4.79 Å². The summed E-state index contributed by atoms with van der Waals surface area (Å²) in [6, 6.07) is 0. The molecule has 0 bridgehead atoms. The third-order valence-corrected chi connectivity index (χ3v) is 4.02. The molecule has 1 aliphatic heterocycles. The summed E-state index contributed by atoms with van der Waals surface area (Å²) in [5.41, 5.74) is 0. The van der Waals surface area contributed by atoms with Crippen molar-refractivity contribution in [2.45, 2.75) is 57.8 Å². The molecule has 16 heavy (non-hydrogen) atoms. The maximum absolute atomic E-state index is 11.3. The fourth-order valence-electron chi connectivity index (χ4n) is 1.85. The maximum Gasteiger partial charge on any atom is 0.305 e. The van der Waals surface area contributed by atoms with Gasteiger partial charge in [-0.05, 0) is 37.2 Å². The van der Waals surface area contributed by atoms with Crippen LogP contribution < -0.4 is 0 Å². The summed E-state index contributed by atoms with van der Waals surface area (Å²) in [7, 11) is 0. The molecule has 0 spiro atoms. The number of ether oxygens (including phenoxy) is 1. The van der Waals surface area contributed by atoms with Gasteiger partial charge in [0.25, 0.3) is 0 Å². The lowest BCUT2D eigenvalue weighted by Crippen LogP contribution is -2.05. The van der Waals surface area contributed by atoms with Crippen molar-refractivity contribution in [1.29, 1.82) is 0 Å². The van der Waals surface area contributed by atoms with E-state index in [9.17, 15) is 4.79 Å². The highest BCUT2D eigenvalue weighted by atomic mass is 32.2. The zero-order chi connectivity index (χ0) is 11.5. The summed E-state index contributed by atoms with van der Waals surface area (Å²) in [5, 5.41) is 0. The van der Waals surface area contributed by atoms with Crippen LogP contribution in [0.1, 0.15) is 57.8 Å². The van der Waals surface area contributed by atoms with Crippen LogP contribution in [0.4, 0.5) is 0 Å². The molecule has 94 valence electrons. The fraction of sp³-hybridized carbons (Fsp3) is 0.923. The topological polar surface area (TPSA) is 26.3 Å². The minimum atomic E-state index is 0.00234. The van der Waals surface area contributed by atoms with Gasteiger partial charge in [-0.2, -0.15) is 11.8 Å². The van der Waals surface area contributed by atoms with Crippen molar-refractivity contribution in [3.8, 4) is 0 Å². The van der Waals surface area contributed by atoms with Gasteiger partial charge in [-0.25, -0.2) is 0 Å². The SMILES string of the molecule is O=C1CCCCCCCCSCCCCO1. The lowest BCUT2D eigenvalue weighted by molar-refractivity contribution is -0.143. The predicted molar refractivity (Wildman–Crippen MR) is 69.8 cm³/mol. The Morgan fingerprint density at radius 2 is 1.44 bits per heavy atom. The Morgan fingerprint density at radius 1 is 0.812 bits per heavy atom. The van der Waals surface area contributed by atoms with Gasteiger partial charge >= 0.3 is 5.97 Å². The van der Waals surface area contributed by atoms with Crippen LogP contribution in [0.15, 0.2) is 0 Å². The first-order valence-corrected chi connectivity index (χ1v) is 7.78. The molecule has 1 fully saturated rings. The van der Waals surface area contributed by atoms with Crippen LogP contribution in [-0.4, -0.2) is 24.1 Å². The minimum absolute atomic E-state index is 0.00234. The Balaban J connectivity index is 2.13. The zero-order valence-electron chi connectivity index (χ0n) is 10.2. The third kappa shape index (κ3) is 8.03. The van der Waals surface area contributed by atoms with Crippen LogP contribution in [0, 0.1) is 0 Å². The average molecular weight is 244 g/mol. The molecule has 3 heteroatoms. The van der Waals surface area contributed by atoms with Gasteiger partial charge in [0.1, 0.15) is 0 Å². The number of carbonyl (C=O) groups is 1. The lowest BCUT2D eigenvalue weighted by Gasteiger charge is -2.04. The van der Waals surface area contributed by atoms with Gasteiger partial charge in [-0.1, -0.05) is 25.7 Å². The largest absolute Gasteiger partial charge is 0.466 e. The molecule has 0 aromatic heterocycles. The monoisotopic (exact) mass is 244 g/mol. The van der Waals surface area contributed by atoms with E-state index in [0.717, 1.165) is 12.8 Å². The number of hydrogen-bond acceptors (Lipinski definition) is 3. The molecule has 0 amide bonds. The second-order valence-corrected chi connectivity index (χ2v) is 5.64. The summed E-state index contributed by atoms with van der Waals surface area (Å²) in [6.07, 6.45) is 10.3. The molecular formula is C13H24O2S. The number of hydrogen-bond donors (Lipinski definition) is 0. The second kappa shape index (κ2) is 10.0. The highest BCUT2D eigenvalue weighted by Crippen LogP contribution is 2.13. The number of rotatable bonds is 0. The Labute approximate surface area is 104 Å². The van der Waals surface area contributed by atoms with E-state index >= 15 is 0 Å². The quantitative estimate of drug-likeness (QED) is 0.606. The Kier molecular flexibility index (Phi) is 8.68. The van der Waals surface area contributed by atoms with Gasteiger partial charge in [0, 0.05) is 6.42 Å². The van der Waals surface area contributed by atoms with Crippen LogP contribution in [0.25, 0.3) is 0 Å². The first-order valence-electron chi connectivity index (χ1n) is 6.63. The van der Waals surface area contributed by atoms with Crippen molar-refractivity contribution in [2.75, 3.05) is 18.1 Å². The van der Waals surface area contributed by atoms with E-state index < -0.39 is 0 Å². The highest BCUT2D eigenvalue weighted by molar-refractivity contribution is 7.99. The first kappa shape index (κ1) is 13.9. The molecule has 0 aromatic rings. The molecule has 0 radical (unpaired) electrons. The van der Waals surface area contributed by atoms with Crippen LogP contribution >= 0.6 is 11.8 Å². The second-order valence-electron chi connectivity index (χ2n) is 4.41. The van der Waals surface area contributed by atoms with Crippen molar-refractivity contribution in [3.63, 3.8) is 0 Å². The van der Waals surface area contributed by atoms with E-state index in [2.05, 4.69) is 0 Å².